The van der Waals surface area contributed by atoms with Gasteiger partial charge in [0.05, 0.1) is 5.02 Å². The number of hydrogen-bond donors (Lipinski definition) is 2. The highest BCUT2D eigenvalue weighted by Crippen LogP contribution is 2.32. The Hall–Kier alpha value is -2.03. The van der Waals surface area contributed by atoms with Crippen LogP contribution < -0.4 is 10.6 Å². The molecule has 2 aromatic heterocycles. The quantitative estimate of drug-likeness (QED) is 0.688. The molecule has 0 fully saturated rings. The summed E-state index contributed by atoms with van der Waals surface area (Å²) in [7, 11) is 0. The van der Waals surface area contributed by atoms with Crippen LogP contribution in [0.2, 0.25) is 5.02 Å². The van der Waals surface area contributed by atoms with Crippen LogP contribution in [0.5, 0.6) is 0 Å². The summed E-state index contributed by atoms with van der Waals surface area (Å²) in [6, 6.07) is 4.60. The molecule has 0 spiro atoms. The summed E-state index contributed by atoms with van der Waals surface area (Å²) in [4.78, 5) is 13.5. The lowest BCUT2D eigenvalue weighted by Gasteiger charge is -2.13. The van der Waals surface area contributed by atoms with Crippen molar-refractivity contribution in [3.63, 3.8) is 0 Å². The molecule has 128 valence electrons. The van der Waals surface area contributed by atoms with Crippen molar-refractivity contribution in [3.8, 4) is 22.0 Å². The minimum Gasteiger partial charge on any atom is -0.356 e. The third-order valence-corrected chi connectivity index (χ3v) is 5.50. The van der Waals surface area contributed by atoms with Crippen LogP contribution in [0.25, 0.3) is 22.0 Å². The van der Waals surface area contributed by atoms with Gasteiger partial charge in [-0.25, -0.2) is 14.4 Å². The lowest BCUT2D eigenvalue weighted by Crippen LogP contribution is -2.35. The van der Waals surface area contributed by atoms with Gasteiger partial charge in [-0.1, -0.05) is 11.6 Å². The molecule has 9 heteroatoms. The SMILES string of the molecule is Fc1ccc(-c2nc(-c3csc(NC4=NCCCN4)n3)cs2)cc1Cl. The number of rotatable bonds is 3. The average molecular weight is 394 g/mol. The van der Waals surface area contributed by atoms with E-state index in [2.05, 4.69) is 25.6 Å². The molecule has 1 aliphatic rings. The first-order valence-electron chi connectivity index (χ1n) is 7.61. The van der Waals surface area contributed by atoms with Crippen LogP contribution in [0, 0.1) is 5.82 Å². The summed E-state index contributed by atoms with van der Waals surface area (Å²) >= 11 is 8.82. The molecule has 0 bridgehead atoms. The lowest BCUT2D eigenvalue weighted by molar-refractivity contribution is 0.628. The Morgan fingerprint density at radius 1 is 1.16 bits per heavy atom. The molecule has 3 aromatic rings. The predicted octanol–water partition coefficient (Wildman–Crippen LogP) is 4.49. The smallest absolute Gasteiger partial charge is 0.197 e. The maximum Gasteiger partial charge on any atom is 0.197 e. The molecule has 3 heterocycles. The van der Waals surface area contributed by atoms with Crippen LogP contribution in [0.4, 0.5) is 9.52 Å². The summed E-state index contributed by atoms with van der Waals surface area (Å²) in [6.07, 6.45) is 1.04. The van der Waals surface area contributed by atoms with Crippen LogP contribution in [0.15, 0.2) is 34.0 Å². The van der Waals surface area contributed by atoms with Gasteiger partial charge in [0.1, 0.15) is 22.2 Å². The number of aromatic nitrogens is 2. The number of anilines is 1. The van der Waals surface area contributed by atoms with Crippen molar-refractivity contribution < 1.29 is 4.39 Å². The minimum atomic E-state index is -0.434. The van der Waals surface area contributed by atoms with Gasteiger partial charge in [-0.05, 0) is 24.6 Å². The first-order chi connectivity index (χ1) is 12.2. The number of nitrogens with zero attached hydrogens (tertiary/aromatic N) is 3. The van der Waals surface area contributed by atoms with Crippen molar-refractivity contribution in [1.82, 2.24) is 15.3 Å². The number of guanidine groups is 1. The van der Waals surface area contributed by atoms with E-state index in [4.69, 9.17) is 11.6 Å². The van der Waals surface area contributed by atoms with Crippen LogP contribution >= 0.6 is 34.3 Å². The third kappa shape index (κ3) is 3.65. The standard InChI is InChI=1S/C16H13ClFN5S2/c17-10-6-9(2-3-11(10)18)14-21-12(7-24-14)13-8-25-16(22-13)23-15-19-4-1-5-20-15/h2-3,6-8H,1,4-5H2,(H2,19,20,22,23). The lowest BCUT2D eigenvalue weighted by atomic mass is 10.2. The van der Waals surface area contributed by atoms with Gasteiger partial charge in [0.2, 0.25) is 0 Å². The first kappa shape index (κ1) is 16.4. The normalized spacial score (nSPS) is 14.1. The van der Waals surface area contributed by atoms with E-state index in [9.17, 15) is 4.39 Å². The molecule has 0 aliphatic carbocycles. The van der Waals surface area contributed by atoms with Crippen molar-refractivity contribution in [2.45, 2.75) is 6.42 Å². The Labute approximate surface area is 156 Å². The monoisotopic (exact) mass is 393 g/mol. The Bertz CT molecular complexity index is 936. The Kier molecular flexibility index (Phi) is 4.65. The van der Waals surface area contributed by atoms with Crippen LogP contribution in [0.3, 0.4) is 0 Å². The first-order valence-corrected chi connectivity index (χ1v) is 9.75. The number of aliphatic imine (C=N–C) groups is 1. The third-order valence-electron chi connectivity index (χ3n) is 3.56. The molecule has 0 amide bonds. The summed E-state index contributed by atoms with van der Waals surface area (Å²) in [5, 5.41) is 11.9. The van der Waals surface area contributed by atoms with Crippen molar-refractivity contribution >= 4 is 45.4 Å². The second-order valence-electron chi connectivity index (χ2n) is 5.34. The summed E-state index contributed by atoms with van der Waals surface area (Å²) in [5.74, 6) is 0.323. The van der Waals surface area contributed by atoms with Crippen molar-refractivity contribution in [3.05, 3.63) is 39.8 Å². The second-order valence-corrected chi connectivity index (χ2v) is 7.46. The van der Waals surface area contributed by atoms with Gasteiger partial charge in [-0.15, -0.1) is 22.7 Å². The molecular weight excluding hydrogens is 381 g/mol. The number of halogens is 2. The Balaban J connectivity index is 1.54. The number of nitrogens with one attached hydrogen (secondary N) is 2. The highest BCUT2D eigenvalue weighted by molar-refractivity contribution is 7.14. The van der Waals surface area contributed by atoms with Gasteiger partial charge in [-0.3, -0.25) is 4.99 Å². The Morgan fingerprint density at radius 2 is 2.00 bits per heavy atom. The largest absolute Gasteiger partial charge is 0.356 e. The fourth-order valence-electron chi connectivity index (χ4n) is 2.32. The maximum atomic E-state index is 13.3. The van der Waals surface area contributed by atoms with E-state index < -0.39 is 5.82 Å². The second kappa shape index (κ2) is 7.07. The van der Waals surface area contributed by atoms with E-state index in [1.54, 1.807) is 12.1 Å². The summed E-state index contributed by atoms with van der Waals surface area (Å²) in [6.45, 7) is 1.74. The minimum absolute atomic E-state index is 0.0927. The zero-order chi connectivity index (χ0) is 17.2. The summed E-state index contributed by atoms with van der Waals surface area (Å²) in [5.41, 5.74) is 2.36. The maximum absolute atomic E-state index is 13.3. The molecule has 1 aromatic carbocycles. The van der Waals surface area contributed by atoms with E-state index in [-0.39, 0.29) is 5.02 Å². The average Bonchev–Trinajstić information content (AvgIpc) is 3.27. The zero-order valence-electron chi connectivity index (χ0n) is 12.9. The van der Waals surface area contributed by atoms with E-state index in [0.29, 0.717) is 0 Å². The van der Waals surface area contributed by atoms with E-state index in [1.165, 1.54) is 28.7 Å². The van der Waals surface area contributed by atoms with E-state index in [1.807, 2.05) is 10.8 Å². The van der Waals surface area contributed by atoms with Crippen molar-refractivity contribution in [1.29, 1.82) is 0 Å². The zero-order valence-corrected chi connectivity index (χ0v) is 15.3. The van der Waals surface area contributed by atoms with Gasteiger partial charge in [0.15, 0.2) is 11.1 Å². The number of thiazole rings is 2. The molecule has 1 aliphatic heterocycles. The van der Waals surface area contributed by atoms with Crippen LogP contribution in [0.1, 0.15) is 6.42 Å². The summed E-state index contributed by atoms with van der Waals surface area (Å²) < 4.78 is 13.3. The number of benzene rings is 1. The molecule has 5 nitrogen and oxygen atoms in total. The fraction of sp³-hybridized carbons (Fsp3) is 0.188. The van der Waals surface area contributed by atoms with Gasteiger partial charge < -0.3 is 10.6 Å². The number of hydrogen-bond acceptors (Lipinski definition) is 7. The molecule has 0 atom stereocenters. The highest BCUT2D eigenvalue weighted by Gasteiger charge is 2.13. The van der Waals surface area contributed by atoms with E-state index >= 15 is 0 Å². The fourth-order valence-corrected chi connectivity index (χ4v) is 4.01. The van der Waals surface area contributed by atoms with Gasteiger partial charge >= 0.3 is 0 Å². The molecule has 4 rings (SSSR count). The Morgan fingerprint density at radius 3 is 2.80 bits per heavy atom. The van der Waals surface area contributed by atoms with Gasteiger partial charge in [0, 0.05) is 29.4 Å². The van der Waals surface area contributed by atoms with E-state index in [0.717, 1.165) is 52.6 Å². The van der Waals surface area contributed by atoms with Crippen molar-refractivity contribution in [2.24, 2.45) is 4.99 Å². The topological polar surface area (TPSA) is 62.2 Å². The highest BCUT2D eigenvalue weighted by atomic mass is 35.5. The molecular formula is C16H13ClFN5S2. The molecule has 2 N–H and O–H groups in total. The molecule has 25 heavy (non-hydrogen) atoms. The van der Waals surface area contributed by atoms with Crippen LogP contribution in [-0.2, 0) is 0 Å². The molecule has 0 saturated heterocycles. The molecule has 0 radical (unpaired) electrons. The van der Waals surface area contributed by atoms with Crippen molar-refractivity contribution in [2.75, 3.05) is 18.4 Å². The van der Waals surface area contributed by atoms with Gasteiger partial charge in [0.25, 0.3) is 0 Å². The van der Waals surface area contributed by atoms with Crippen LogP contribution in [-0.4, -0.2) is 29.0 Å². The molecule has 0 saturated carbocycles. The predicted molar refractivity (Wildman–Crippen MR) is 102 cm³/mol. The molecule has 0 unspecified atom stereocenters. The van der Waals surface area contributed by atoms with Gasteiger partial charge in [-0.2, -0.15) is 0 Å².